The fourth-order valence-electron chi connectivity index (χ4n) is 1.81. The molecule has 0 atom stereocenters. The van der Waals surface area contributed by atoms with Crippen LogP contribution in [0, 0.1) is 5.82 Å². The van der Waals surface area contributed by atoms with E-state index in [1.165, 1.54) is 12.3 Å². The zero-order valence-corrected chi connectivity index (χ0v) is 10.2. The topological polar surface area (TPSA) is 55.0 Å². The van der Waals surface area contributed by atoms with E-state index in [1.807, 2.05) is 24.1 Å². The highest BCUT2D eigenvalue weighted by Crippen LogP contribution is 2.18. The lowest BCUT2D eigenvalue weighted by Crippen LogP contribution is -2.20. The molecule has 0 amide bonds. The van der Waals surface area contributed by atoms with Gasteiger partial charge >= 0.3 is 0 Å². The lowest BCUT2D eigenvalue weighted by atomic mass is 10.2. The minimum atomic E-state index is -0.367. The van der Waals surface area contributed by atoms with Crippen molar-refractivity contribution in [3.05, 3.63) is 53.7 Å². The Labute approximate surface area is 105 Å². The zero-order valence-electron chi connectivity index (χ0n) is 10.2. The Bertz CT molecular complexity index is 516. The molecule has 0 unspecified atom stereocenters. The third-order valence-corrected chi connectivity index (χ3v) is 2.63. The predicted octanol–water partition coefficient (Wildman–Crippen LogP) is 1.71. The predicted molar refractivity (Wildman–Crippen MR) is 68.4 cm³/mol. The van der Waals surface area contributed by atoms with Crippen molar-refractivity contribution in [1.29, 1.82) is 0 Å². The molecule has 0 radical (unpaired) electrons. The number of pyridine rings is 2. The minimum absolute atomic E-state index is 0.261. The molecule has 5 heteroatoms. The molecule has 2 aromatic rings. The van der Waals surface area contributed by atoms with Gasteiger partial charge in [0.25, 0.3) is 0 Å². The number of halogens is 1. The van der Waals surface area contributed by atoms with Crippen molar-refractivity contribution in [2.75, 3.05) is 11.9 Å². The van der Waals surface area contributed by atoms with Gasteiger partial charge in [-0.1, -0.05) is 6.07 Å². The van der Waals surface area contributed by atoms with Gasteiger partial charge in [0, 0.05) is 38.1 Å². The summed E-state index contributed by atoms with van der Waals surface area (Å²) < 4.78 is 13.1. The van der Waals surface area contributed by atoms with Gasteiger partial charge < -0.3 is 10.6 Å². The summed E-state index contributed by atoms with van der Waals surface area (Å²) >= 11 is 0. The van der Waals surface area contributed by atoms with E-state index in [4.69, 9.17) is 5.73 Å². The zero-order chi connectivity index (χ0) is 13.0. The highest BCUT2D eigenvalue weighted by molar-refractivity contribution is 5.46. The maximum Gasteiger partial charge on any atom is 0.141 e. The Morgan fingerprint density at radius 1 is 1.39 bits per heavy atom. The lowest BCUT2D eigenvalue weighted by Gasteiger charge is -2.20. The molecule has 0 aliphatic heterocycles. The molecule has 0 saturated heterocycles. The molecule has 2 aromatic heterocycles. The van der Waals surface area contributed by atoms with Crippen LogP contribution in [0.4, 0.5) is 10.2 Å². The van der Waals surface area contributed by atoms with Gasteiger partial charge in [-0.05, 0) is 17.7 Å². The maximum atomic E-state index is 13.1. The van der Waals surface area contributed by atoms with E-state index in [-0.39, 0.29) is 12.4 Å². The van der Waals surface area contributed by atoms with E-state index in [0.717, 1.165) is 5.56 Å². The van der Waals surface area contributed by atoms with Gasteiger partial charge in [-0.25, -0.2) is 9.37 Å². The van der Waals surface area contributed by atoms with Crippen LogP contribution in [0.2, 0.25) is 0 Å². The summed E-state index contributed by atoms with van der Waals surface area (Å²) in [6.07, 6.45) is 4.72. The number of nitrogens with zero attached hydrogens (tertiary/aromatic N) is 3. The van der Waals surface area contributed by atoms with E-state index < -0.39 is 0 Å². The van der Waals surface area contributed by atoms with Crippen LogP contribution in [0.15, 0.2) is 36.8 Å². The van der Waals surface area contributed by atoms with Gasteiger partial charge in [0.05, 0.1) is 6.20 Å². The molecule has 0 fully saturated rings. The van der Waals surface area contributed by atoms with Crippen LogP contribution >= 0.6 is 0 Å². The summed E-state index contributed by atoms with van der Waals surface area (Å²) in [5.41, 5.74) is 7.36. The van der Waals surface area contributed by atoms with Crippen molar-refractivity contribution < 1.29 is 4.39 Å². The first-order valence-electron chi connectivity index (χ1n) is 5.65. The SMILES string of the molecule is CN(Cc1cccnc1)c1ncc(F)cc1CN. The summed E-state index contributed by atoms with van der Waals surface area (Å²) in [4.78, 5) is 10.1. The Morgan fingerprint density at radius 3 is 2.89 bits per heavy atom. The third kappa shape index (κ3) is 2.81. The number of hydrogen-bond donors (Lipinski definition) is 1. The first kappa shape index (κ1) is 12.4. The summed E-state index contributed by atoms with van der Waals surface area (Å²) in [6, 6.07) is 5.28. The molecule has 94 valence electrons. The third-order valence-electron chi connectivity index (χ3n) is 2.63. The van der Waals surface area contributed by atoms with Gasteiger partial charge in [0.1, 0.15) is 11.6 Å². The van der Waals surface area contributed by atoms with Gasteiger partial charge in [-0.15, -0.1) is 0 Å². The summed E-state index contributed by atoms with van der Waals surface area (Å²) in [5, 5.41) is 0. The molecule has 2 N–H and O–H groups in total. The largest absolute Gasteiger partial charge is 0.355 e. The lowest BCUT2D eigenvalue weighted by molar-refractivity contribution is 0.617. The second kappa shape index (κ2) is 5.55. The monoisotopic (exact) mass is 246 g/mol. The minimum Gasteiger partial charge on any atom is -0.355 e. The van der Waals surface area contributed by atoms with E-state index in [2.05, 4.69) is 9.97 Å². The molecule has 0 bridgehead atoms. The van der Waals surface area contributed by atoms with E-state index in [1.54, 1.807) is 12.4 Å². The van der Waals surface area contributed by atoms with Crippen molar-refractivity contribution in [3.63, 3.8) is 0 Å². The summed E-state index contributed by atoms with van der Waals surface area (Å²) in [7, 11) is 1.90. The number of hydrogen-bond acceptors (Lipinski definition) is 4. The van der Waals surface area contributed by atoms with Gasteiger partial charge in [-0.2, -0.15) is 0 Å². The van der Waals surface area contributed by atoms with E-state index in [0.29, 0.717) is 17.9 Å². The van der Waals surface area contributed by atoms with Crippen LogP contribution in [0.5, 0.6) is 0 Å². The smallest absolute Gasteiger partial charge is 0.141 e. The summed E-state index contributed by atoms with van der Waals surface area (Å²) in [6.45, 7) is 0.914. The first-order valence-corrected chi connectivity index (χ1v) is 5.65. The Kier molecular flexibility index (Phi) is 3.84. The molecule has 4 nitrogen and oxygen atoms in total. The van der Waals surface area contributed by atoms with Crippen LogP contribution in [0.3, 0.4) is 0 Å². The Morgan fingerprint density at radius 2 is 2.22 bits per heavy atom. The molecule has 0 saturated carbocycles. The highest BCUT2D eigenvalue weighted by Gasteiger charge is 2.09. The normalized spacial score (nSPS) is 10.4. The fourth-order valence-corrected chi connectivity index (χ4v) is 1.81. The number of nitrogens with two attached hydrogens (primary N) is 1. The van der Waals surface area contributed by atoms with Crippen LogP contribution in [-0.4, -0.2) is 17.0 Å². The average Bonchev–Trinajstić information content (AvgIpc) is 2.39. The van der Waals surface area contributed by atoms with E-state index in [9.17, 15) is 4.39 Å². The molecular formula is C13H15FN4. The highest BCUT2D eigenvalue weighted by atomic mass is 19.1. The van der Waals surface area contributed by atoms with Crippen molar-refractivity contribution in [1.82, 2.24) is 9.97 Å². The van der Waals surface area contributed by atoms with Crippen LogP contribution in [0.1, 0.15) is 11.1 Å². The quantitative estimate of drug-likeness (QED) is 0.892. The van der Waals surface area contributed by atoms with E-state index >= 15 is 0 Å². The maximum absolute atomic E-state index is 13.1. The Hall–Kier alpha value is -2.01. The fraction of sp³-hybridized carbons (Fsp3) is 0.231. The Balaban J connectivity index is 2.21. The molecule has 2 heterocycles. The molecule has 0 aliphatic rings. The molecule has 0 spiro atoms. The molecule has 18 heavy (non-hydrogen) atoms. The molecule has 0 aliphatic carbocycles. The van der Waals surface area contributed by atoms with Gasteiger partial charge in [0.2, 0.25) is 0 Å². The standard InChI is InChI=1S/C13H15FN4/c1-18(9-10-3-2-4-16-7-10)13-11(6-15)5-12(14)8-17-13/h2-5,7-8H,6,9,15H2,1H3. The van der Waals surface area contributed by atoms with Crippen LogP contribution in [0.25, 0.3) is 0 Å². The summed E-state index contributed by atoms with van der Waals surface area (Å²) in [5.74, 6) is 0.330. The van der Waals surface area contributed by atoms with Crippen molar-refractivity contribution in [3.8, 4) is 0 Å². The molecule has 2 rings (SSSR count). The number of rotatable bonds is 4. The van der Waals surface area contributed by atoms with Crippen LogP contribution < -0.4 is 10.6 Å². The first-order chi connectivity index (χ1) is 8.70. The van der Waals surface area contributed by atoms with Crippen molar-refractivity contribution >= 4 is 5.82 Å². The number of aromatic nitrogens is 2. The van der Waals surface area contributed by atoms with Gasteiger partial charge in [-0.3, -0.25) is 4.98 Å². The average molecular weight is 246 g/mol. The van der Waals surface area contributed by atoms with Gasteiger partial charge in [0.15, 0.2) is 0 Å². The van der Waals surface area contributed by atoms with Crippen molar-refractivity contribution in [2.24, 2.45) is 5.73 Å². The molecule has 0 aromatic carbocycles. The second-order valence-corrected chi connectivity index (χ2v) is 4.06. The number of anilines is 1. The second-order valence-electron chi connectivity index (χ2n) is 4.06. The van der Waals surface area contributed by atoms with Crippen molar-refractivity contribution in [2.45, 2.75) is 13.1 Å². The molecular weight excluding hydrogens is 231 g/mol. The van der Waals surface area contributed by atoms with Crippen LogP contribution in [-0.2, 0) is 13.1 Å².